The second kappa shape index (κ2) is 11.1. The molecule has 4 heterocycles. The Kier molecular flexibility index (Phi) is 8.39. The molecule has 2 unspecified atom stereocenters. The Morgan fingerprint density at radius 1 is 1.00 bits per heavy atom. The van der Waals surface area contributed by atoms with Crippen molar-refractivity contribution in [3.63, 3.8) is 0 Å². The molecule has 4 rings (SSSR count). The Labute approximate surface area is 212 Å². The maximum atomic E-state index is 12.2. The molecule has 2 aromatic rings. The fourth-order valence-electron chi connectivity index (χ4n) is 3.70. The molecule has 0 aliphatic carbocycles. The predicted octanol–water partition coefficient (Wildman–Crippen LogP) is -2.52. The molecule has 9 N–H and O–H groups in total. The number of imidazole rings is 1. The van der Waals surface area contributed by atoms with Crippen molar-refractivity contribution in [2.24, 2.45) is 4.99 Å². The molecule has 10 atom stereocenters. The first-order chi connectivity index (χ1) is 17.8. The lowest BCUT2D eigenvalue weighted by Crippen LogP contribution is -2.34. The minimum Gasteiger partial charge on any atom is -0.387 e. The Bertz CT molecular complexity index is 1310. The minimum atomic E-state index is -5.32. The number of phosphoric acid groups is 2. The third-order valence-corrected chi connectivity index (χ3v) is 8.14. The van der Waals surface area contributed by atoms with Gasteiger partial charge in [-0.2, -0.15) is 9.30 Å². The molecule has 2 aliphatic heterocycles. The summed E-state index contributed by atoms with van der Waals surface area (Å²) in [4.78, 5) is 34.8. The van der Waals surface area contributed by atoms with Crippen LogP contribution in [0.15, 0.2) is 17.6 Å². The van der Waals surface area contributed by atoms with E-state index in [4.69, 9.17) is 20.6 Å². The summed E-state index contributed by atoms with van der Waals surface area (Å²) in [6.45, 7) is -1.77. The van der Waals surface area contributed by atoms with E-state index in [1.807, 2.05) is 0 Å². The third kappa shape index (κ3) is 5.99. The lowest BCUT2D eigenvalue weighted by Gasteiger charge is -2.20. The Hall–Kier alpha value is -2.25. The number of nitrogens with one attached hydrogen (secondary N) is 1. The highest BCUT2D eigenvalue weighted by atomic mass is 31.3. The van der Waals surface area contributed by atoms with Gasteiger partial charge in [0, 0.05) is 0 Å². The maximum Gasteiger partial charge on any atom is 0.481 e. The van der Waals surface area contributed by atoms with E-state index in [0.717, 1.165) is 6.33 Å². The van der Waals surface area contributed by atoms with E-state index >= 15 is 0 Å². The van der Waals surface area contributed by atoms with E-state index in [0.29, 0.717) is 0 Å². The van der Waals surface area contributed by atoms with Crippen LogP contribution >= 0.6 is 15.6 Å². The molecule has 2 aliphatic rings. The van der Waals surface area contributed by atoms with Gasteiger partial charge in [-0.3, -0.25) is 13.6 Å². The first kappa shape index (κ1) is 28.8. The van der Waals surface area contributed by atoms with Gasteiger partial charge in [0.25, 0.3) is 0 Å². The van der Waals surface area contributed by atoms with E-state index in [-0.39, 0.29) is 17.0 Å². The molecule has 20 nitrogen and oxygen atoms in total. The molecule has 0 bridgehead atoms. The van der Waals surface area contributed by atoms with E-state index in [2.05, 4.69) is 33.3 Å². The van der Waals surface area contributed by atoms with Crippen LogP contribution < -0.4 is 5.73 Å². The Morgan fingerprint density at radius 3 is 2.24 bits per heavy atom. The van der Waals surface area contributed by atoms with Gasteiger partial charge < -0.3 is 45.4 Å². The molecule has 0 amide bonds. The van der Waals surface area contributed by atoms with Gasteiger partial charge in [0.2, 0.25) is 0 Å². The lowest BCUT2D eigenvalue weighted by atomic mass is 10.1. The number of aliphatic hydroxyl groups excluding tert-OH is 4. The largest absolute Gasteiger partial charge is 0.481 e. The fourth-order valence-corrected chi connectivity index (χ4v) is 5.79. The second-order valence-corrected chi connectivity index (χ2v) is 11.1. The van der Waals surface area contributed by atoms with E-state index in [9.17, 15) is 39.3 Å². The topological polar surface area (TPSA) is 308 Å². The monoisotopic (exact) mass is 583 g/mol. The first-order valence-corrected chi connectivity index (χ1v) is 13.6. The minimum absolute atomic E-state index is 0.0561. The molecule has 0 aromatic carbocycles. The third-order valence-electron chi connectivity index (χ3n) is 5.54. The normalized spacial score (nSPS) is 34.6. The summed E-state index contributed by atoms with van der Waals surface area (Å²) in [5.74, 6) is 0.0561. The van der Waals surface area contributed by atoms with E-state index < -0.39 is 77.9 Å². The summed E-state index contributed by atoms with van der Waals surface area (Å²) in [7, 11) is -10.6. The van der Waals surface area contributed by atoms with Crippen molar-refractivity contribution < 1.29 is 62.2 Å². The van der Waals surface area contributed by atoms with Gasteiger partial charge >= 0.3 is 15.6 Å². The molecule has 2 saturated heterocycles. The highest BCUT2D eigenvalue weighted by molar-refractivity contribution is 7.61. The van der Waals surface area contributed by atoms with Crippen molar-refractivity contribution in [3.8, 4) is 0 Å². The van der Waals surface area contributed by atoms with Crippen molar-refractivity contribution in [2.75, 3.05) is 18.9 Å². The van der Waals surface area contributed by atoms with Crippen LogP contribution in [0.4, 0.5) is 5.82 Å². The van der Waals surface area contributed by atoms with Gasteiger partial charge in [-0.15, -0.1) is 0 Å². The molecule has 210 valence electrons. The van der Waals surface area contributed by atoms with Gasteiger partial charge in [-0.05, 0) is 0 Å². The zero-order valence-corrected chi connectivity index (χ0v) is 20.7. The number of fused-ring (bicyclic) bond motifs is 1. The number of ether oxygens (including phenoxy) is 2. The molecular formula is C16H23N7O13P2. The molecule has 2 fully saturated rings. The number of nitrogen functional groups attached to an aromatic ring is 1. The molecule has 0 radical (unpaired) electrons. The highest BCUT2D eigenvalue weighted by Gasteiger charge is 2.47. The van der Waals surface area contributed by atoms with E-state index in [1.54, 1.807) is 6.01 Å². The van der Waals surface area contributed by atoms with Crippen LogP contribution in [0, 0.1) is 5.41 Å². The van der Waals surface area contributed by atoms with Crippen LogP contribution in [-0.2, 0) is 32.0 Å². The van der Waals surface area contributed by atoms with Crippen LogP contribution in [0.25, 0.3) is 11.2 Å². The van der Waals surface area contributed by atoms with Gasteiger partial charge in [0.05, 0.1) is 25.5 Å². The van der Waals surface area contributed by atoms with Crippen molar-refractivity contribution in [3.05, 3.63) is 12.7 Å². The lowest BCUT2D eigenvalue weighted by molar-refractivity contribution is -0.0507. The number of nitrogens with zero attached hydrogens (tertiary/aromatic N) is 5. The summed E-state index contributed by atoms with van der Waals surface area (Å²) in [5.41, 5.74) is 6.09. The van der Waals surface area contributed by atoms with Crippen LogP contribution in [-0.4, -0.2) is 112 Å². The zero-order chi connectivity index (χ0) is 27.8. The summed E-state index contributed by atoms with van der Waals surface area (Å²) in [5, 5.41) is 47.1. The fraction of sp³-hybridized carbons (Fsp3) is 0.625. The van der Waals surface area contributed by atoms with Gasteiger partial charge in [0.1, 0.15) is 48.5 Å². The highest BCUT2D eigenvalue weighted by Crippen LogP contribution is 2.60. The number of nitrogens with two attached hydrogens (primary N) is 1. The summed E-state index contributed by atoms with van der Waals surface area (Å²) in [6.07, 6.45) is -9.53. The second-order valence-electron chi connectivity index (χ2n) is 8.03. The average molecular weight is 583 g/mol. The SMILES string of the molecule is N=C=N[C@@H]1O[C@H](COP(=O)(O)OP(=O)(O)OC[C@H]2O[C@@H](n3cnc4c(N)ncnc43)[C@H](O)[C@@H]2O)[C@@H](O)[C@H]1O. The standard InChI is InChI=1S/C16H23N7O13P2/c17-3-19-15-11(26)9(24)6(34-15)1-32-37(28,29)36-38(30,31)33-2-7-10(25)12(27)16(35-7)23-5-22-8-13(18)20-4-21-14(8)23/h4-7,9-12,15-17,24-27H,1-2H2,(H,28,29)(H,30,31)(H2,18,20,21)/t6-,7-,9-,10-,11-,12-,15-,16-/m1/s1. The van der Waals surface area contributed by atoms with Crippen molar-refractivity contribution in [1.29, 1.82) is 5.41 Å². The summed E-state index contributed by atoms with van der Waals surface area (Å²) >= 11 is 0. The van der Waals surface area contributed by atoms with Crippen LogP contribution in [0.1, 0.15) is 6.23 Å². The Morgan fingerprint density at radius 2 is 1.61 bits per heavy atom. The maximum absolute atomic E-state index is 12.2. The van der Waals surface area contributed by atoms with Crippen LogP contribution in [0.3, 0.4) is 0 Å². The van der Waals surface area contributed by atoms with Gasteiger partial charge in [-0.1, -0.05) is 0 Å². The number of hydrogen-bond donors (Lipinski definition) is 8. The van der Waals surface area contributed by atoms with Gasteiger partial charge in [-0.25, -0.2) is 29.5 Å². The smallest absolute Gasteiger partial charge is 0.387 e. The van der Waals surface area contributed by atoms with E-state index in [1.165, 1.54) is 10.9 Å². The number of anilines is 1. The number of aromatic nitrogens is 4. The first-order valence-electron chi connectivity index (χ1n) is 10.6. The van der Waals surface area contributed by atoms with Crippen molar-refractivity contribution in [1.82, 2.24) is 19.5 Å². The van der Waals surface area contributed by atoms with Crippen LogP contribution in [0.2, 0.25) is 0 Å². The van der Waals surface area contributed by atoms with Crippen molar-refractivity contribution in [2.45, 2.75) is 49.1 Å². The number of rotatable bonds is 10. The number of aliphatic hydroxyl groups is 4. The predicted molar refractivity (Wildman–Crippen MR) is 119 cm³/mol. The molecule has 2 aromatic heterocycles. The molecule has 0 spiro atoms. The quantitative estimate of drug-likeness (QED) is 0.106. The summed E-state index contributed by atoms with van der Waals surface area (Å²) in [6, 6.07) is 1.61. The zero-order valence-electron chi connectivity index (χ0n) is 18.9. The number of phosphoric ester groups is 2. The molecular weight excluding hydrogens is 560 g/mol. The van der Waals surface area contributed by atoms with Crippen LogP contribution in [0.5, 0.6) is 0 Å². The average Bonchev–Trinajstić information content (AvgIpc) is 3.48. The van der Waals surface area contributed by atoms with Gasteiger partial charge in [0.15, 0.2) is 23.9 Å². The number of aliphatic imine (C=N–C) groups is 1. The van der Waals surface area contributed by atoms with Crippen molar-refractivity contribution >= 4 is 38.6 Å². The molecule has 0 saturated carbocycles. The molecule has 38 heavy (non-hydrogen) atoms. The molecule has 22 heteroatoms. The Balaban J connectivity index is 1.33. The summed E-state index contributed by atoms with van der Waals surface area (Å²) < 4.78 is 49.6. The number of hydrogen-bond acceptors (Lipinski definition) is 17.